The van der Waals surface area contributed by atoms with Gasteiger partial charge in [-0.1, -0.05) is 0 Å². The molecule has 0 amide bonds. The Morgan fingerprint density at radius 3 is 2.33 bits per heavy atom. The fraction of sp³-hybridized carbons (Fsp3) is 0. The van der Waals surface area contributed by atoms with Gasteiger partial charge in [-0.05, 0) is 36.4 Å². The van der Waals surface area contributed by atoms with Crippen LogP contribution < -0.4 is 0 Å². The number of rotatable bonds is 3. The number of carboxylic acid groups (broad SMARTS) is 1. The number of nitrogens with one attached hydrogen (secondary N) is 1. The van der Waals surface area contributed by atoms with Gasteiger partial charge in [-0.2, -0.15) is 0 Å². The first kappa shape index (κ1) is 13.0. The number of hydrogen-bond donors (Lipinski definition) is 2. The van der Waals surface area contributed by atoms with Crippen LogP contribution in [0.4, 0.5) is 4.39 Å². The predicted molar refractivity (Wildman–Crippen MR) is 74.2 cm³/mol. The van der Waals surface area contributed by atoms with E-state index in [1.165, 1.54) is 24.3 Å². The van der Waals surface area contributed by atoms with E-state index in [1.54, 1.807) is 24.5 Å². The minimum absolute atomic E-state index is 0.0828. The lowest BCUT2D eigenvalue weighted by Crippen LogP contribution is -1.99. The highest BCUT2D eigenvalue weighted by Gasteiger charge is 2.18. The zero-order valence-corrected chi connectivity index (χ0v) is 10.7. The third kappa shape index (κ3) is 2.51. The molecule has 0 fully saturated rings. The third-order valence-corrected chi connectivity index (χ3v) is 2.99. The lowest BCUT2D eigenvalue weighted by molar-refractivity contribution is 0.0692. The minimum atomic E-state index is -1.13. The topological polar surface area (TPSA) is 78.9 Å². The number of hydrogen-bond acceptors (Lipinski definition) is 3. The predicted octanol–water partition coefficient (Wildman–Crippen LogP) is 2.98. The normalized spacial score (nSPS) is 10.5. The summed E-state index contributed by atoms with van der Waals surface area (Å²) in [5.74, 6) is -1.12. The number of benzene rings is 1. The third-order valence-electron chi connectivity index (χ3n) is 2.99. The van der Waals surface area contributed by atoms with Gasteiger partial charge in [0.2, 0.25) is 0 Å². The van der Waals surface area contributed by atoms with Gasteiger partial charge in [0.25, 0.3) is 0 Å². The molecule has 104 valence electrons. The average molecular weight is 283 g/mol. The summed E-state index contributed by atoms with van der Waals surface area (Å²) in [5.41, 5.74) is 1.59. The van der Waals surface area contributed by atoms with Gasteiger partial charge < -0.3 is 10.1 Å². The summed E-state index contributed by atoms with van der Waals surface area (Å²) in [5, 5.41) is 9.27. The van der Waals surface area contributed by atoms with Gasteiger partial charge in [0, 0.05) is 23.5 Å². The Labute approximate surface area is 119 Å². The van der Waals surface area contributed by atoms with Crippen LogP contribution in [0.5, 0.6) is 0 Å². The number of nitrogens with zero attached hydrogens (tertiary/aromatic N) is 2. The molecule has 6 heteroatoms. The first-order chi connectivity index (χ1) is 10.1. The standard InChI is InChI=1S/C15H10FN3O2/c16-11-3-1-10(2-4-11)14-18-12(13(19-14)15(20)21)9-5-7-17-8-6-9/h1-8H,(H,18,19)(H,20,21). The van der Waals surface area contributed by atoms with Crippen molar-refractivity contribution >= 4 is 5.97 Å². The van der Waals surface area contributed by atoms with Gasteiger partial charge in [-0.3, -0.25) is 4.98 Å². The zero-order chi connectivity index (χ0) is 14.8. The maximum absolute atomic E-state index is 12.9. The number of carbonyl (C=O) groups is 1. The molecule has 3 aromatic rings. The number of aromatic nitrogens is 3. The molecular formula is C15H10FN3O2. The highest BCUT2D eigenvalue weighted by Crippen LogP contribution is 2.25. The Bertz CT molecular complexity index is 782. The Balaban J connectivity index is 2.13. The van der Waals surface area contributed by atoms with E-state index in [4.69, 9.17) is 0 Å². The van der Waals surface area contributed by atoms with E-state index in [0.717, 1.165) is 0 Å². The Kier molecular flexibility index (Phi) is 3.19. The summed E-state index contributed by atoms with van der Waals surface area (Å²) in [4.78, 5) is 22.3. The maximum Gasteiger partial charge on any atom is 0.356 e. The molecule has 1 aromatic carbocycles. The Morgan fingerprint density at radius 1 is 1.05 bits per heavy atom. The minimum Gasteiger partial charge on any atom is -0.476 e. The van der Waals surface area contributed by atoms with Gasteiger partial charge in [0.15, 0.2) is 5.69 Å². The highest BCUT2D eigenvalue weighted by molar-refractivity contribution is 5.93. The first-order valence-electron chi connectivity index (χ1n) is 6.15. The lowest BCUT2D eigenvalue weighted by Gasteiger charge is -1.98. The molecule has 2 N–H and O–H groups in total. The second-order valence-corrected chi connectivity index (χ2v) is 4.36. The van der Waals surface area contributed by atoms with Crippen LogP contribution in [0.25, 0.3) is 22.6 Å². The Morgan fingerprint density at radius 2 is 1.71 bits per heavy atom. The number of imidazole rings is 1. The van der Waals surface area contributed by atoms with Crippen LogP contribution in [0.2, 0.25) is 0 Å². The summed E-state index contributed by atoms with van der Waals surface area (Å²) < 4.78 is 12.9. The molecule has 0 spiro atoms. The van der Waals surface area contributed by atoms with Gasteiger partial charge >= 0.3 is 5.97 Å². The van der Waals surface area contributed by atoms with Crippen LogP contribution in [-0.4, -0.2) is 26.0 Å². The molecule has 5 nitrogen and oxygen atoms in total. The second kappa shape index (κ2) is 5.16. The molecule has 0 atom stereocenters. The summed E-state index contributed by atoms with van der Waals surface area (Å²) in [6.45, 7) is 0. The van der Waals surface area contributed by atoms with Crippen LogP contribution in [0.3, 0.4) is 0 Å². The zero-order valence-electron chi connectivity index (χ0n) is 10.7. The number of carboxylic acids is 1. The number of aromatic amines is 1. The van der Waals surface area contributed by atoms with Crippen LogP contribution in [0, 0.1) is 5.82 Å². The molecule has 0 saturated carbocycles. The highest BCUT2D eigenvalue weighted by atomic mass is 19.1. The summed E-state index contributed by atoms with van der Waals surface area (Å²) >= 11 is 0. The fourth-order valence-electron chi connectivity index (χ4n) is 2.00. The molecule has 2 aromatic heterocycles. The van der Waals surface area contributed by atoms with Crippen LogP contribution in [0.15, 0.2) is 48.8 Å². The number of pyridine rings is 1. The second-order valence-electron chi connectivity index (χ2n) is 4.36. The number of H-pyrrole nitrogens is 1. The van der Waals surface area contributed by atoms with Gasteiger partial charge in [-0.15, -0.1) is 0 Å². The quantitative estimate of drug-likeness (QED) is 0.774. The average Bonchev–Trinajstić information content (AvgIpc) is 2.94. The molecule has 0 unspecified atom stereocenters. The van der Waals surface area contributed by atoms with E-state index in [9.17, 15) is 14.3 Å². The van der Waals surface area contributed by atoms with Crippen molar-refractivity contribution in [1.82, 2.24) is 15.0 Å². The largest absolute Gasteiger partial charge is 0.476 e. The van der Waals surface area contributed by atoms with Crippen molar-refractivity contribution in [3.8, 4) is 22.6 Å². The van der Waals surface area contributed by atoms with E-state index in [0.29, 0.717) is 22.6 Å². The van der Waals surface area contributed by atoms with Crippen molar-refractivity contribution in [1.29, 1.82) is 0 Å². The summed E-state index contributed by atoms with van der Waals surface area (Å²) in [6, 6.07) is 9.05. The number of aromatic carboxylic acids is 1. The molecule has 0 bridgehead atoms. The van der Waals surface area contributed by atoms with Crippen molar-refractivity contribution < 1.29 is 14.3 Å². The molecule has 0 radical (unpaired) electrons. The van der Waals surface area contributed by atoms with Gasteiger partial charge in [0.1, 0.15) is 11.6 Å². The van der Waals surface area contributed by atoms with Crippen molar-refractivity contribution in [2.24, 2.45) is 0 Å². The fourth-order valence-corrected chi connectivity index (χ4v) is 2.00. The summed E-state index contributed by atoms with van der Waals surface area (Å²) in [6.07, 6.45) is 3.14. The van der Waals surface area contributed by atoms with Gasteiger partial charge in [-0.25, -0.2) is 14.2 Å². The van der Waals surface area contributed by atoms with E-state index >= 15 is 0 Å². The smallest absolute Gasteiger partial charge is 0.356 e. The molecule has 2 heterocycles. The van der Waals surface area contributed by atoms with Gasteiger partial charge in [0.05, 0.1) is 5.69 Å². The molecule has 21 heavy (non-hydrogen) atoms. The number of halogens is 1. The first-order valence-corrected chi connectivity index (χ1v) is 6.15. The van der Waals surface area contributed by atoms with Crippen molar-refractivity contribution in [3.05, 3.63) is 60.3 Å². The van der Waals surface area contributed by atoms with Crippen molar-refractivity contribution in [2.75, 3.05) is 0 Å². The van der Waals surface area contributed by atoms with Crippen molar-refractivity contribution in [3.63, 3.8) is 0 Å². The lowest BCUT2D eigenvalue weighted by atomic mass is 10.1. The monoisotopic (exact) mass is 283 g/mol. The molecule has 3 rings (SSSR count). The molecule has 0 aliphatic rings. The summed E-state index contributed by atoms with van der Waals surface area (Å²) in [7, 11) is 0. The molecule has 0 aliphatic carbocycles. The molecule has 0 aliphatic heterocycles. The van der Waals surface area contributed by atoms with Crippen LogP contribution >= 0.6 is 0 Å². The van der Waals surface area contributed by atoms with E-state index in [-0.39, 0.29) is 11.5 Å². The van der Waals surface area contributed by atoms with E-state index < -0.39 is 5.97 Å². The maximum atomic E-state index is 12.9. The van der Waals surface area contributed by atoms with Crippen molar-refractivity contribution in [2.45, 2.75) is 0 Å². The van der Waals surface area contributed by atoms with E-state index in [1.807, 2.05) is 0 Å². The molecular weight excluding hydrogens is 273 g/mol. The van der Waals surface area contributed by atoms with Crippen LogP contribution in [0.1, 0.15) is 10.5 Å². The van der Waals surface area contributed by atoms with E-state index in [2.05, 4.69) is 15.0 Å². The molecule has 0 saturated heterocycles. The van der Waals surface area contributed by atoms with Crippen LogP contribution in [-0.2, 0) is 0 Å². The SMILES string of the molecule is O=C(O)c1nc(-c2ccc(F)cc2)[nH]c1-c1ccncc1. The Hall–Kier alpha value is -3.02.